The van der Waals surface area contributed by atoms with Crippen molar-refractivity contribution >= 4 is 122 Å². The molecule has 0 fully saturated rings. The molecule has 4 aromatic heterocycles. The third kappa shape index (κ3) is 7.76. The molecule has 0 atom stereocenters. The van der Waals surface area contributed by atoms with E-state index in [1.54, 1.807) is 0 Å². The van der Waals surface area contributed by atoms with Crippen LogP contribution in [0.1, 0.15) is 78.0 Å². The van der Waals surface area contributed by atoms with Gasteiger partial charge in [0.2, 0.25) is 0 Å². The Hall–Kier alpha value is -8.36. The summed E-state index contributed by atoms with van der Waals surface area (Å²) in [5.74, 6) is 0.191. The van der Waals surface area contributed by atoms with Gasteiger partial charge < -0.3 is 18.6 Å². The van der Waals surface area contributed by atoms with Gasteiger partial charge in [-0.05, 0) is 157 Å². The van der Waals surface area contributed by atoms with Crippen LogP contribution in [0, 0.1) is 0 Å². The maximum Gasteiger partial charge on any atom is 0.342 e. The van der Waals surface area contributed by atoms with E-state index in [1.807, 2.05) is 22.7 Å². The molecule has 0 unspecified atom stereocenters. The third-order valence-electron chi connectivity index (χ3n) is 16.7. The molecule has 9 aromatic carbocycles. The van der Waals surface area contributed by atoms with Crippen molar-refractivity contribution in [3.05, 3.63) is 223 Å². The number of furan rings is 2. The number of hydrogen-bond acceptors (Lipinski definition) is 6. The standard InChI is InChI=1S/C73H59BN2O2S2/c1-43(2)50-37-59-67-60(38-50)76(58-32-28-49(36-54(58)45-21-13-10-14-22-45)66-40-47-24-16-18-26-64(47)80-66)69-56-42-52(73(6,7)8)30-34-62(56)78-71(69)74(67)70-68(55-41-51(72(3,4)5)29-33-61(55)77-70)75(59)57-31-27-48(35-53(57)44-19-11-9-12-20-44)65-39-46-23-15-17-25-63(46)79-65/h9-43H,1-8H3. The van der Waals surface area contributed by atoms with Gasteiger partial charge in [-0.1, -0.05) is 177 Å². The first-order valence-corrected chi connectivity index (χ1v) is 29.7. The van der Waals surface area contributed by atoms with Crippen LogP contribution in [0.2, 0.25) is 0 Å². The maximum atomic E-state index is 7.55. The van der Waals surface area contributed by atoms with Crippen molar-refractivity contribution in [3.63, 3.8) is 0 Å². The average Bonchev–Trinajstić information content (AvgIpc) is 3.60. The van der Waals surface area contributed by atoms with E-state index in [9.17, 15) is 0 Å². The Morgan fingerprint density at radius 2 is 0.838 bits per heavy atom. The number of fused-ring (bicyclic) bond motifs is 10. The van der Waals surface area contributed by atoms with E-state index in [1.165, 1.54) is 57.7 Å². The predicted molar refractivity (Wildman–Crippen MR) is 344 cm³/mol. The van der Waals surface area contributed by atoms with Crippen molar-refractivity contribution < 1.29 is 8.83 Å². The summed E-state index contributed by atoms with van der Waals surface area (Å²) in [5, 5.41) is 4.69. The molecule has 0 saturated heterocycles. The smallest absolute Gasteiger partial charge is 0.342 e. The molecule has 0 saturated carbocycles. The fourth-order valence-corrected chi connectivity index (χ4v) is 14.6. The van der Waals surface area contributed by atoms with Crippen LogP contribution in [0.4, 0.5) is 34.1 Å². The second kappa shape index (κ2) is 18.1. The van der Waals surface area contributed by atoms with Gasteiger partial charge in [0, 0.05) is 52.4 Å². The van der Waals surface area contributed by atoms with Gasteiger partial charge >= 0.3 is 6.71 Å². The Morgan fingerprint density at radius 1 is 0.412 bits per heavy atom. The van der Waals surface area contributed by atoms with E-state index in [0.717, 1.165) is 95.1 Å². The first-order valence-electron chi connectivity index (χ1n) is 28.0. The SMILES string of the molecule is CC(C)c1cc2c3c(c1)N(c1ccc(-c4cc5ccccc5s4)cc1-c1ccccc1)c1c(oc4ccc(C(C)(C)C)cc14)B3c1oc3ccc(C(C)(C)C)cc3c1N2c1ccc(-c2cc3ccccc3s2)cc1-c1ccccc1. The highest BCUT2D eigenvalue weighted by Crippen LogP contribution is 2.54. The summed E-state index contributed by atoms with van der Waals surface area (Å²) in [7, 11) is 0. The van der Waals surface area contributed by atoms with Crippen molar-refractivity contribution in [1.29, 1.82) is 0 Å². The van der Waals surface area contributed by atoms with Crippen LogP contribution in [-0.2, 0) is 10.8 Å². The van der Waals surface area contributed by atoms with E-state index in [2.05, 4.69) is 271 Å². The minimum absolute atomic E-state index is 0.111. The van der Waals surface area contributed by atoms with E-state index in [4.69, 9.17) is 8.83 Å². The van der Waals surface area contributed by atoms with Gasteiger partial charge in [0.15, 0.2) is 0 Å². The minimum atomic E-state index is -0.384. The molecule has 0 bridgehead atoms. The number of anilines is 6. The van der Waals surface area contributed by atoms with E-state index in [0.29, 0.717) is 0 Å². The van der Waals surface area contributed by atoms with Gasteiger partial charge in [-0.2, -0.15) is 0 Å². The van der Waals surface area contributed by atoms with Crippen LogP contribution >= 0.6 is 22.7 Å². The number of hydrogen-bond donors (Lipinski definition) is 0. The minimum Gasteiger partial charge on any atom is -0.468 e. The van der Waals surface area contributed by atoms with Crippen molar-refractivity contribution in [2.45, 2.75) is 72.1 Å². The van der Waals surface area contributed by atoms with E-state index >= 15 is 0 Å². The summed E-state index contributed by atoms with van der Waals surface area (Å²) in [4.78, 5) is 7.62. The molecule has 7 heteroatoms. The average molecular weight is 1070 g/mol. The van der Waals surface area contributed by atoms with E-state index in [-0.39, 0.29) is 23.5 Å². The Balaban J connectivity index is 1.07. The number of thiophene rings is 2. The Bertz CT molecular complexity index is 4270. The lowest BCUT2D eigenvalue weighted by atomic mass is 9.37. The lowest BCUT2D eigenvalue weighted by molar-refractivity contribution is 0.590. The molecule has 2 aliphatic heterocycles. The lowest BCUT2D eigenvalue weighted by Crippen LogP contribution is -2.60. The summed E-state index contributed by atoms with van der Waals surface area (Å²) in [6.45, 7) is 18.1. The third-order valence-corrected chi connectivity index (χ3v) is 19.1. The number of rotatable bonds is 7. The zero-order valence-electron chi connectivity index (χ0n) is 46.3. The Labute approximate surface area is 476 Å². The predicted octanol–water partition coefficient (Wildman–Crippen LogP) is 20.1. The Kier molecular flexibility index (Phi) is 11.0. The number of nitrogens with zero attached hydrogens (tertiary/aromatic N) is 2. The van der Waals surface area contributed by atoms with Crippen LogP contribution < -0.4 is 26.6 Å². The lowest BCUT2D eigenvalue weighted by Gasteiger charge is -2.42. The normalized spacial score (nSPS) is 13.3. The molecule has 0 amide bonds. The first kappa shape index (κ1) is 48.7. The van der Waals surface area contributed by atoms with Crippen LogP contribution in [0.25, 0.3) is 85.2 Å². The van der Waals surface area contributed by atoms with Gasteiger partial charge in [0.25, 0.3) is 0 Å². The van der Waals surface area contributed by atoms with Crippen LogP contribution in [0.5, 0.6) is 0 Å². The van der Waals surface area contributed by atoms with Crippen molar-refractivity contribution in [2.24, 2.45) is 0 Å². The largest absolute Gasteiger partial charge is 0.468 e. The van der Waals surface area contributed by atoms with E-state index < -0.39 is 0 Å². The highest BCUT2D eigenvalue weighted by Gasteiger charge is 2.51. The fourth-order valence-electron chi connectivity index (χ4n) is 12.5. The summed E-state index contributed by atoms with van der Waals surface area (Å²) < 4.78 is 17.7. The molecule has 2 aliphatic rings. The number of benzene rings is 9. The van der Waals surface area contributed by atoms with Gasteiger partial charge in [0.1, 0.15) is 22.5 Å². The molecular weight excluding hydrogens is 1010 g/mol. The molecular formula is C73H59BN2O2S2. The van der Waals surface area contributed by atoms with Crippen molar-refractivity contribution in [1.82, 2.24) is 0 Å². The van der Waals surface area contributed by atoms with Crippen LogP contribution in [0.3, 0.4) is 0 Å². The zero-order chi connectivity index (χ0) is 54.3. The van der Waals surface area contributed by atoms with Gasteiger partial charge in [-0.15, -0.1) is 22.7 Å². The summed E-state index contributed by atoms with van der Waals surface area (Å²) in [6.07, 6.45) is 0. The zero-order valence-corrected chi connectivity index (χ0v) is 47.9. The second-order valence-electron chi connectivity index (χ2n) is 24.3. The van der Waals surface area contributed by atoms with Crippen molar-refractivity contribution in [2.75, 3.05) is 9.80 Å². The Morgan fingerprint density at radius 3 is 1.25 bits per heavy atom. The summed E-state index contributed by atoms with van der Waals surface area (Å²) in [6, 6.07) is 76.9. The molecule has 0 aliphatic carbocycles. The second-order valence-corrected chi connectivity index (χ2v) is 26.4. The van der Waals surface area contributed by atoms with Gasteiger partial charge in [-0.25, -0.2) is 0 Å². The molecule has 4 nitrogen and oxygen atoms in total. The molecule has 0 N–H and O–H groups in total. The molecule has 388 valence electrons. The highest BCUT2D eigenvalue weighted by molar-refractivity contribution is 7.22. The van der Waals surface area contributed by atoms with Crippen molar-refractivity contribution in [3.8, 4) is 43.1 Å². The first-order chi connectivity index (χ1) is 38.7. The highest BCUT2D eigenvalue weighted by atomic mass is 32.1. The molecule has 0 spiro atoms. The molecule has 80 heavy (non-hydrogen) atoms. The maximum absolute atomic E-state index is 7.55. The quantitative estimate of drug-likeness (QED) is 0.149. The summed E-state index contributed by atoms with van der Waals surface area (Å²) >= 11 is 3.70. The van der Waals surface area contributed by atoms with Crippen LogP contribution in [-0.4, -0.2) is 6.71 Å². The topological polar surface area (TPSA) is 32.8 Å². The molecule has 0 radical (unpaired) electrons. The van der Waals surface area contributed by atoms with Gasteiger partial charge in [-0.3, -0.25) is 0 Å². The van der Waals surface area contributed by atoms with Crippen LogP contribution in [0.15, 0.2) is 215 Å². The summed E-state index contributed by atoms with van der Waals surface area (Å²) in [5.41, 5.74) is 21.6. The molecule has 6 heterocycles. The molecule has 13 aromatic rings. The van der Waals surface area contributed by atoms with Gasteiger partial charge in [0.05, 0.1) is 22.7 Å². The molecule has 15 rings (SSSR count). The monoisotopic (exact) mass is 1070 g/mol. The fraction of sp³-hybridized carbons (Fsp3) is 0.151.